The van der Waals surface area contributed by atoms with Crippen molar-refractivity contribution < 1.29 is 14.7 Å². The fourth-order valence-corrected chi connectivity index (χ4v) is 2.19. The molecular weight excluding hydrogens is 194 g/mol. The zero-order chi connectivity index (χ0) is 11.3. The monoisotopic (exact) mass is 213 g/mol. The Labute approximate surface area is 90.0 Å². The van der Waals surface area contributed by atoms with Gasteiger partial charge in [0.05, 0.1) is 0 Å². The first-order chi connectivity index (χ1) is 7.13. The predicted octanol–water partition coefficient (Wildman–Crippen LogP) is 1.40. The van der Waals surface area contributed by atoms with Gasteiger partial charge in [-0.05, 0) is 38.5 Å². The van der Waals surface area contributed by atoms with Crippen molar-refractivity contribution in [3.05, 3.63) is 0 Å². The Morgan fingerprint density at radius 2 is 1.87 bits per heavy atom. The van der Waals surface area contributed by atoms with Crippen molar-refractivity contribution >= 4 is 11.9 Å². The Kier molecular flexibility index (Phi) is 4.59. The zero-order valence-corrected chi connectivity index (χ0v) is 9.16. The minimum Gasteiger partial charge on any atom is -0.481 e. The molecule has 4 nitrogen and oxygen atoms in total. The average molecular weight is 213 g/mol. The van der Waals surface area contributed by atoms with Crippen LogP contribution < -0.4 is 5.32 Å². The van der Waals surface area contributed by atoms with Gasteiger partial charge in [-0.1, -0.05) is 0 Å². The first-order valence-electron chi connectivity index (χ1n) is 5.63. The molecule has 0 aromatic carbocycles. The van der Waals surface area contributed by atoms with Gasteiger partial charge in [-0.15, -0.1) is 0 Å². The Morgan fingerprint density at radius 3 is 2.33 bits per heavy atom. The molecule has 0 aromatic heterocycles. The molecule has 86 valence electrons. The number of carboxylic acids is 1. The molecule has 0 spiro atoms. The predicted molar refractivity (Wildman–Crippen MR) is 56.4 cm³/mol. The second-order valence-electron chi connectivity index (χ2n) is 4.21. The minimum atomic E-state index is -0.726. The van der Waals surface area contributed by atoms with E-state index in [-0.39, 0.29) is 24.2 Å². The minimum absolute atomic E-state index is 0.106. The van der Waals surface area contributed by atoms with E-state index < -0.39 is 5.97 Å². The summed E-state index contributed by atoms with van der Waals surface area (Å²) in [5.74, 6) is -0.217. The summed E-state index contributed by atoms with van der Waals surface area (Å²) < 4.78 is 0. The Hall–Kier alpha value is -1.06. The van der Waals surface area contributed by atoms with E-state index in [1.807, 2.05) is 6.92 Å². The van der Waals surface area contributed by atoms with Crippen LogP contribution in [0.5, 0.6) is 0 Å². The van der Waals surface area contributed by atoms with Gasteiger partial charge in [0.2, 0.25) is 5.91 Å². The van der Waals surface area contributed by atoms with Crippen LogP contribution in [0.3, 0.4) is 0 Å². The highest BCUT2D eigenvalue weighted by molar-refractivity contribution is 5.78. The standard InChI is InChI=1S/C11H19NO3/c1-2-12-11(15)9-5-3-8(4-6-9)7-10(13)14/h8-9H,2-7H2,1H3,(H,12,15)(H,13,14). The van der Waals surface area contributed by atoms with Crippen LogP contribution in [-0.4, -0.2) is 23.5 Å². The Bertz CT molecular complexity index is 232. The van der Waals surface area contributed by atoms with Crippen molar-refractivity contribution in [1.29, 1.82) is 0 Å². The third-order valence-electron chi connectivity index (χ3n) is 3.03. The molecule has 0 aromatic rings. The van der Waals surface area contributed by atoms with Crippen molar-refractivity contribution in [2.45, 2.75) is 39.0 Å². The van der Waals surface area contributed by atoms with Gasteiger partial charge in [-0.3, -0.25) is 9.59 Å². The maximum Gasteiger partial charge on any atom is 0.303 e. The molecule has 0 saturated heterocycles. The van der Waals surface area contributed by atoms with Crippen LogP contribution in [0, 0.1) is 11.8 Å². The van der Waals surface area contributed by atoms with Crippen LogP contribution in [-0.2, 0) is 9.59 Å². The van der Waals surface area contributed by atoms with E-state index >= 15 is 0 Å². The molecule has 1 aliphatic carbocycles. The molecule has 1 rings (SSSR count). The second-order valence-corrected chi connectivity index (χ2v) is 4.21. The van der Waals surface area contributed by atoms with Crippen LogP contribution in [0.4, 0.5) is 0 Å². The maximum atomic E-state index is 11.5. The number of rotatable bonds is 4. The maximum absolute atomic E-state index is 11.5. The highest BCUT2D eigenvalue weighted by atomic mass is 16.4. The van der Waals surface area contributed by atoms with E-state index in [1.54, 1.807) is 0 Å². The van der Waals surface area contributed by atoms with Crippen molar-refractivity contribution in [1.82, 2.24) is 5.32 Å². The summed E-state index contributed by atoms with van der Waals surface area (Å²) in [7, 11) is 0. The largest absolute Gasteiger partial charge is 0.481 e. The summed E-state index contributed by atoms with van der Waals surface area (Å²) in [4.78, 5) is 22.0. The molecule has 4 heteroatoms. The van der Waals surface area contributed by atoms with Gasteiger partial charge in [0.15, 0.2) is 0 Å². The number of carbonyl (C=O) groups is 2. The van der Waals surface area contributed by atoms with Crippen molar-refractivity contribution in [2.75, 3.05) is 6.54 Å². The lowest BCUT2D eigenvalue weighted by atomic mass is 9.80. The molecule has 0 radical (unpaired) electrons. The number of nitrogens with one attached hydrogen (secondary N) is 1. The Morgan fingerprint density at radius 1 is 1.27 bits per heavy atom. The number of hydrogen-bond donors (Lipinski definition) is 2. The molecule has 1 saturated carbocycles. The quantitative estimate of drug-likeness (QED) is 0.742. The van der Waals surface area contributed by atoms with Crippen molar-refractivity contribution in [2.24, 2.45) is 11.8 Å². The van der Waals surface area contributed by atoms with E-state index in [1.165, 1.54) is 0 Å². The van der Waals surface area contributed by atoms with Crippen LogP contribution in [0.1, 0.15) is 39.0 Å². The molecule has 0 bridgehead atoms. The summed E-state index contributed by atoms with van der Waals surface area (Å²) >= 11 is 0. The third-order valence-corrected chi connectivity index (χ3v) is 3.03. The second kappa shape index (κ2) is 5.73. The van der Waals surface area contributed by atoms with E-state index in [4.69, 9.17) is 5.11 Å². The molecule has 0 unspecified atom stereocenters. The molecule has 0 aliphatic heterocycles. The number of amides is 1. The summed E-state index contributed by atoms with van der Waals surface area (Å²) in [6, 6.07) is 0. The van der Waals surface area contributed by atoms with Gasteiger partial charge in [-0.25, -0.2) is 0 Å². The van der Waals surface area contributed by atoms with Gasteiger partial charge in [0.25, 0.3) is 0 Å². The summed E-state index contributed by atoms with van der Waals surface area (Å²) in [5.41, 5.74) is 0. The van der Waals surface area contributed by atoms with E-state index in [9.17, 15) is 9.59 Å². The van der Waals surface area contributed by atoms with Gasteiger partial charge in [0.1, 0.15) is 0 Å². The van der Waals surface area contributed by atoms with E-state index in [0.717, 1.165) is 25.7 Å². The highest BCUT2D eigenvalue weighted by Crippen LogP contribution is 2.30. The van der Waals surface area contributed by atoms with Gasteiger partial charge in [0, 0.05) is 18.9 Å². The van der Waals surface area contributed by atoms with Gasteiger partial charge < -0.3 is 10.4 Å². The van der Waals surface area contributed by atoms with Crippen LogP contribution in [0.2, 0.25) is 0 Å². The Balaban J connectivity index is 2.29. The summed E-state index contributed by atoms with van der Waals surface area (Å²) in [6.07, 6.45) is 3.66. The average Bonchev–Trinajstić information content (AvgIpc) is 2.18. The van der Waals surface area contributed by atoms with Crippen LogP contribution >= 0.6 is 0 Å². The topological polar surface area (TPSA) is 66.4 Å². The number of hydrogen-bond acceptors (Lipinski definition) is 2. The molecule has 0 atom stereocenters. The molecule has 1 fully saturated rings. The highest BCUT2D eigenvalue weighted by Gasteiger charge is 2.26. The molecular formula is C11H19NO3. The SMILES string of the molecule is CCNC(=O)C1CCC(CC(=O)O)CC1. The summed E-state index contributed by atoms with van der Waals surface area (Å²) in [5, 5.41) is 11.5. The third kappa shape index (κ3) is 3.90. The molecule has 15 heavy (non-hydrogen) atoms. The van der Waals surface area contributed by atoms with Crippen LogP contribution in [0.25, 0.3) is 0 Å². The lowest BCUT2D eigenvalue weighted by Crippen LogP contribution is -2.33. The molecule has 1 amide bonds. The van der Waals surface area contributed by atoms with Crippen LogP contribution in [0.15, 0.2) is 0 Å². The number of carbonyl (C=O) groups excluding carboxylic acids is 1. The lowest BCUT2D eigenvalue weighted by molar-refractivity contribution is -0.138. The van der Waals surface area contributed by atoms with E-state index in [0.29, 0.717) is 6.54 Å². The normalized spacial score (nSPS) is 25.9. The summed E-state index contributed by atoms with van der Waals surface area (Å²) in [6.45, 7) is 2.59. The molecule has 1 aliphatic rings. The van der Waals surface area contributed by atoms with Crippen molar-refractivity contribution in [3.63, 3.8) is 0 Å². The van der Waals surface area contributed by atoms with Gasteiger partial charge >= 0.3 is 5.97 Å². The number of carboxylic acid groups (broad SMARTS) is 1. The zero-order valence-electron chi connectivity index (χ0n) is 9.16. The number of aliphatic carboxylic acids is 1. The first-order valence-corrected chi connectivity index (χ1v) is 5.63. The van der Waals surface area contributed by atoms with Gasteiger partial charge in [-0.2, -0.15) is 0 Å². The van der Waals surface area contributed by atoms with Crippen molar-refractivity contribution in [3.8, 4) is 0 Å². The molecule has 2 N–H and O–H groups in total. The van der Waals surface area contributed by atoms with E-state index in [2.05, 4.69) is 5.32 Å². The first kappa shape index (κ1) is 12.0. The smallest absolute Gasteiger partial charge is 0.303 e. The molecule has 0 heterocycles. The lowest BCUT2D eigenvalue weighted by Gasteiger charge is -2.26. The fourth-order valence-electron chi connectivity index (χ4n) is 2.19. The fraction of sp³-hybridized carbons (Fsp3) is 0.818.